The van der Waals surface area contributed by atoms with Gasteiger partial charge in [0.05, 0.1) is 26.7 Å². The van der Waals surface area contributed by atoms with Crippen LogP contribution in [0.3, 0.4) is 0 Å². The average molecular weight is 441 g/mol. The summed E-state index contributed by atoms with van der Waals surface area (Å²) in [5.41, 5.74) is 0. The van der Waals surface area contributed by atoms with Gasteiger partial charge >= 0.3 is 5.91 Å². The first-order valence-corrected chi connectivity index (χ1v) is 13.4. The van der Waals surface area contributed by atoms with Gasteiger partial charge in [0.25, 0.3) is 0 Å². The first-order chi connectivity index (χ1) is 15.1. The van der Waals surface area contributed by atoms with Crippen LogP contribution in [-0.4, -0.2) is 54.0 Å². The van der Waals surface area contributed by atoms with E-state index in [0.29, 0.717) is 19.5 Å². The quantitative estimate of drug-likeness (QED) is 0.108. The van der Waals surface area contributed by atoms with Crippen LogP contribution in [0.25, 0.3) is 0 Å². The predicted molar refractivity (Wildman–Crippen MR) is 133 cm³/mol. The largest absolute Gasteiger partial charge is 0.390 e. The summed E-state index contributed by atoms with van der Waals surface area (Å²) >= 11 is 0. The minimum Gasteiger partial charge on any atom is -0.390 e. The van der Waals surface area contributed by atoms with Gasteiger partial charge in [-0.15, -0.1) is 0 Å². The number of carbonyl (C=O) groups excluding carboxylic acids is 1. The molecule has 0 fully saturated rings. The number of quaternary nitrogens is 1. The summed E-state index contributed by atoms with van der Waals surface area (Å²) in [6, 6.07) is 0. The van der Waals surface area contributed by atoms with Crippen molar-refractivity contribution in [3.05, 3.63) is 12.2 Å². The van der Waals surface area contributed by atoms with E-state index in [1.807, 2.05) is 7.05 Å². The van der Waals surface area contributed by atoms with Crippen LogP contribution in [-0.2, 0) is 4.79 Å². The van der Waals surface area contributed by atoms with Crippen molar-refractivity contribution >= 4 is 5.91 Å². The summed E-state index contributed by atoms with van der Waals surface area (Å²) in [6.07, 6.45) is 27.3. The second-order valence-corrected chi connectivity index (χ2v) is 9.43. The van der Waals surface area contributed by atoms with E-state index >= 15 is 0 Å². The molecule has 1 amide bonds. The molecule has 0 aromatic heterocycles. The molecule has 4 nitrogen and oxygen atoms in total. The topological polar surface area (TPSA) is 57.5 Å². The van der Waals surface area contributed by atoms with Crippen molar-refractivity contribution in [1.82, 2.24) is 0 Å². The van der Waals surface area contributed by atoms with E-state index in [-0.39, 0.29) is 23.6 Å². The molecule has 2 N–H and O–H groups in total. The van der Waals surface area contributed by atoms with E-state index in [9.17, 15) is 4.79 Å². The summed E-state index contributed by atoms with van der Waals surface area (Å²) in [5.74, 6) is 0.143. The minimum absolute atomic E-state index is 0.0161. The number of carbonyl (C=O) groups is 1. The van der Waals surface area contributed by atoms with E-state index in [1.54, 1.807) is 0 Å². The minimum atomic E-state index is -0.0161. The van der Waals surface area contributed by atoms with E-state index in [0.717, 1.165) is 12.8 Å². The highest BCUT2D eigenvalue weighted by Crippen LogP contribution is 2.14. The van der Waals surface area contributed by atoms with Gasteiger partial charge in [-0.1, -0.05) is 96.1 Å². The van der Waals surface area contributed by atoms with E-state index in [1.165, 1.54) is 96.3 Å². The number of aliphatic hydroxyl groups excluding tert-OH is 2. The van der Waals surface area contributed by atoms with Gasteiger partial charge in [-0.05, 0) is 32.1 Å². The van der Waals surface area contributed by atoms with Crippen molar-refractivity contribution in [3.63, 3.8) is 0 Å². The molecule has 0 aliphatic rings. The second kappa shape index (κ2) is 22.5. The Kier molecular flexibility index (Phi) is 22.0. The Bertz CT molecular complexity index is 417. The fourth-order valence-corrected chi connectivity index (χ4v) is 4.13. The van der Waals surface area contributed by atoms with Crippen LogP contribution >= 0.6 is 0 Å². The maximum atomic E-state index is 12.4. The second-order valence-electron chi connectivity index (χ2n) is 9.43. The van der Waals surface area contributed by atoms with Gasteiger partial charge in [0, 0.05) is 0 Å². The van der Waals surface area contributed by atoms with Crippen LogP contribution in [0.5, 0.6) is 0 Å². The number of rotatable bonds is 23. The van der Waals surface area contributed by atoms with Crippen LogP contribution in [0.1, 0.15) is 122 Å². The van der Waals surface area contributed by atoms with Gasteiger partial charge in [0.2, 0.25) is 0 Å². The molecule has 0 radical (unpaired) electrons. The molecule has 0 saturated carbocycles. The maximum Gasteiger partial charge on any atom is 0.313 e. The van der Waals surface area contributed by atoms with Crippen molar-refractivity contribution < 1.29 is 19.5 Å². The third kappa shape index (κ3) is 18.6. The van der Waals surface area contributed by atoms with Gasteiger partial charge in [-0.25, -0.2) is 4.79 Å². The Labute approximate surface area is 193 Å². The molecule has 0 spiro atoms. The molecule has 0 aromatic carbocycles. The summed E-state index contributed by atoms with van der Waals surface area (Å²) in [7, 11) is 1.82. The number of amides is 1. The van der Waals surface area contributed by atoms with Gasteiger partial charge in [-0.3, -0.25) is 4.48 Å². The number of hydrogen-bond acceptors (Lipinski definition) is 3. The zero-order valence-electron chi connectivity index (χ0n) is 21.0. The molecule has 0 aliphatic heterocycles. The van der Waals surface area contributed by atoms with Crippen LogP contribution in [0.15, 0.2) is 12.2 Å². The molecule has 0 atom stereocenters. The molecule has 0 bridgehead atoms. The first-order valence-electron chi connectivity index (χ1n) is 13.4. The smallest absolute Gasteiger partial charge is 0.313 e. The molecule has 4 heteroatoms. The zero-order valence-corrected chi connectivity index (χ0v) is 21.0. The fourth-order valence-electron chi connectivity index (χ4n) is 4.13. The lowest BCUT2D eigenvalue weighted by atomic mass is 10.0. The third-order valence-electron chi connectivity index (χ3n) is 6.44. The molecule has 31 heavy (non-hydrogen) atoms. The number of nitrogens with zero attached hydrogens (tertiary/aromatic N) is 1. The van der Waals surface area contributed by atoms with Gasteiger partial charge in [0.1, 0.15) is 13.1 Å². The molecule has 0 rings (SSSR count). The lowest BCUT2D eigenvalue weighted by Crippen LogP contribution is -2.52. The van der Waals surface area contributed by atoms with Crippen molar-refractivity contribution in [2.24, 2.45) is 0 Å². The Morgan fingerprint density at radius 3 is 1.45 bits per heavy atom. The van der Waals surface area contributed by atoms with Crippen molar-refractivity contribution in [2.45, 2.75) is 122 Å². The predicted octanol–water partition coefficient (Wildman–Crippen LogP) is 6.54. The molecular formula is C27H54NO3+. The summed E-state index contributed by atoms with van der Waals surface area (Å²) in [5, 5.41) is 18.3. The van der Waals surface area contributed by atoms with Crippen LogP contribution in [0, 0.1) is 0 Å². The third-order valence-corrected chi connectivity index (χ3v) is 6.44. The Hall–Kier alpha value is -0.710. The number of unbranched alkanes of at least 4 members (excludes halogenated alkanes) is 15. The molecular weight excluding hydrogens is 386 g/mol. The molecule has 0 aliphatic carbocycles. The first kappa shape index (κ1) is 30.3. The summed E-state index contributed by atoms with van der Waals surface area (Å²) < 4.78 is 0.154. The summed E-state index contributed by atoms with van der Waals surface area (Å²) in [4.78, 5) is 12.4. The Morgan fingerprint density at radius 2 is 1.03 bits per heavy atom. The molecule has 0 unspecified atom stereocenters. The number of allylic oxidation sites excluding steroid dienone is 2. The summed E-state index contributed by atoms with van der Waals surface area (Å²) in [6.45, 7) is 3.03. The molecule has 0 aromatic rings. The standard InChI is InChI=1S/C27H54NO3/c1-3-4-5-6-7-8-9-10-11-12-13-14-15-16-17-18-19-20-21-22-27(31)28(2,23-25-29)24-26-30/h10-11,29-30H,3-9,12-26H2,1-2H3/q+1/b11-10-. The highest BCUT2D eigenvalue weighted by Gasteiger charge is 2.29. The monoisotopic (exact) mass is 440 g/mol. The number of aliphatic hydroxyl groups is 2. The van der Waals surface area contributed by atoms with Crippen LogP contribution in [0.4, 0.5) is 0 Å². The van der Waals surface area contributed by atoms with Gasteiger partial charge in [0.15, 0.2) is 0 Å². The van der Waals surface area contributed by atoms with E-state index in [4.69, 9.17) is 10.2 Å². The molecule has 0 saturated heterocycles. The maximum absolute atomic E-state index is 12.4. The van der Waals surface area contributed by atoms with Crippen LogP contribution in [0.2, 0.25) is 0 Å². The normalized spacial score (nSPS) is 12.1. The molecule has 184 valence electrons. The van der Waals surface area contributed by atoms with Crippen molar-refractivity contribution in [3.8, 4) is 0 Å². The Balaban J connectivity index is 3.41. The van der Waals surface area contributed by atoms with Crippen LogP contribution < -0.4 is 0 Å². The number of hydrogen-bond donors (Lipinski definition) is 2. The lowest BCUT2D eigenvalue weighted by molar-refractivity contribution is -0.835. The fraction of sp³-hybridized carbons (Fsp3) is 0.889. The van der Waals surface area contributed by atoms with Gasteiger partial charge < -0.3 is 10.2 Å². The number of likely N-dealkylation sites (N-methyl/N-ethyl adjacent to an activating group) is 1. The van der Waals surface area contributed by atoms with Crippen molar-refractivity contribution in [2.75, 3.05) is 33.4 Å². The zero-order chi connectivity index (χ0) is 23.0. The van der Waals surface area contributed by atoms with Gasteiger partial charge in [-0.2, -0.15) is 0 Å². The molecule has 0 heterocycles. The SMILES string of the molecule is CCCCCCCC/C=C\CCCCCCCCCCCC(=O)[N+](C)(CCO)CCO. The lowest BCUT2D eigenvalue weighted by Gasteiger charge is -2.30. The Morgan fingerprint density at radius 1 is 0.645 bits per heavy atom. The highest BCUT2D eigenvalue weighted by atomic mass is 16.3. The average Bonchev–Trinajstić information content (AvgIpc) is 2.75. The van der Waals surface area contributed by atoms with E-state index < -0.39 is 0 Å². The highest BCUT2D eigenvalue weighted by molar-refractivity contribution is 5.68. The van der Waals surface area contributed by atoms with Crippen molar-refractivity contribution in [1.29, 1.82) is 0 Å². The van der Waals surface area contributed by atoms with E-state index in [2.05, 4.69) is 19.1 Å².